The predicted molar refractivity (Wildman–Crippen MR) is 74.7 cm³/mol. The van der Waals surface area contributed by atoms with Crippen LogP contribution in [0.2, 0.25) is 0 Å². The lowest BCUT2D eigenvalue weighted by molar-refractivity contribution is -0.143. The van der Waals surface area contributed by atoms with Gasteiger partial charge < -0.3 is 14.5 Å². The highest BCUT2D eigenvalue weighted by Gasteiger charge is 2.48. The first-order valence-electron chi connectivity index (χ1n) is 7.13. The molecule has 1 amide bonds. The Bertz CT molecular complexity index is 568. The molecule has 0 saturated carbocycles. The van der Waals surface area contributed by atoms with Gasteiger partial charge in [-0.05, 0) is 19.3 Å². The summed E-state index contributed by atoms with van der Waals surface area (Å²) in [6.07, 6.45) is 3.81. The van der Waals surface area contributed by atoms with Crippen LogP contribution in [-0.4, -0.2) is 54.6 Å². The summed E-state index contributed by atoms with van der Waals surface area (Å²) in [6, 6.07) is 0. The topological polar surface area (TPSA) is 58.6 Å². The smallest absolute Gasteiger partial charge is 0.255 e. The molecule has 21 heavy (non-hydrogen) atoms. The van der Waals surface area contributed by atoms with E-state index in [1.54, 1.807) is 4.90 Å². The summed E-state index contributed by atoms with van der Waals surface area (Å²) >= 11 is 0. The van der Waals surface area contributed by atoms with Gasteiger partial charge in [0.2, 0.25) is 17.7 Å². The number of likely N-dealkylation sites (tertiary alicyclic amines) is 1. The first-order valence-corrected chi connectivity index (χ1v) is 7.13. The maximum absolute atomic E-state index is 13.4. The first kappa shape index (κ1) is 14.0. The minimum absolute atomic E-state index is 0.0620. The van der Waals surface area contributed by atoms with Crippen LogP contribution in [0.4, 0.5) is 10.3 Å². The fraction of sp³-hybridized carbons (Fsp3) is 0.643. The van der Waals surface area contributed by atoms with Crippen LogP contribution < -0.4 is 9.64 Å². The number of ether oxygens (including phenoxy) is 1. The van der Waals surface area contributed by atoms with Gasteiger partial charge in [-0.1, -0.05) is 0 Å². The zero-order valence-corrected chi connectivity index (χ0v) is 12.3. The third-order valence-corrected chi connectivity index (χ3v) is 4.48. The van der Waals surface area contributed by atoms with Crippen LogP contribution in [0, 0.1) is 11.2 Å². The third kappa shape index (κ3) is 2.30. The van der Waals surface area contributed by atoms with E-state index in [-0.39, 0.29) is 17.2 Å². The number of rotatable bonds is 2. The van der Waals surface area contributed by atoms with Crippen LogP contribution >= 0.6 is 0 Å². The van der Waals surface area contributed by atoms with Gasteiger partial charge in [-0.2, -0.15) is 9.37 Å². The quantitative estimate of drug-likeness (QED) is 0.816. The number of nitrogens with zero attached hydrogens (tertiary/aromatic N) is 4. The van der Waals surface area contributed by atoms with E-state index in [0.717, 1.165) is 32.0 Å². The molecule has 2 saturated heterocycles. The van der Waals surface area contributed by atoms with Crippen LogP contribution in [0.5, 0.6) is 5.88 Å². The molecule has 2 aliphatic heterocycles. The molecular formula is C14H19FN4O2. The highest BCUT2D eigenvalue weighted by Crippen LogP contribution is 2.40. The van der Waals surface area contributed by atoms with Crippen molar-refractivity contribution >= 4 is 11.9 Å². The van der Waals surface area contributed by atoms with Crippen molar-refractivity contribution in [3.63, 3.8) is 0 Å². The van der Waals surface area contributed by atoms with Gasteiger partial charge >= 0.3 is 0 Å². The average Bonchev–Trinajstić information content (AvgIpc) is 2.90. The van der Waals surface area contributed by atoms with E-state index in [0.29, 0.717) is 19.0 Å². The van der Waals surface area contributed by atoms with Crippen molar-refractivity contribution in [1.29, 1.82) is 0 Å². The van der Waals surface area contributed by atoms with Crippen molar-refractivity contribution in [2.24, 2.45) is 5.41 Å². The molecule has 0 aliphatic carbocycles. The largest absolute Gasteiger partial charge is 0.479 e. The number of methoxy groups -OCH3 is 1. The molecular weight excluding hydrogens is 275 g/mol. The van der Waals surface area contributed by atoms with Gasteiger partial charge in [0.1, 0.15) is 0 Å². The molecule has 0 unspecified atom stereocenters. The standard InChI is InChI=1S/C14H19FN4O2/c1-18-6-3-4-14(12(18)20)5-7-19(9-14)13-16-8-10(15)11(17-13)21-2/h8H,3-7,9H2,1-2H3/t14-/m0/s1. The molecule has 2 fully saturated rings. The number of aromatic nitrogens is 2. The number of anilines is 1. The Kier molecular flexibility index (Phi) is 3.43. The monoisotopic (exact) mass is 294 g/mol. The van der Waals surface area contributed by atoms with E-state index in [4.69, 9.17) is 4.74 Å². The lowest BCUT2D eigenvalue weighted by Gasteiger charge is -2.37. The lowest BCUT2D eigenvalue weighted by atomic mass is 9.78. The summed E-state index contributed by atoms with van der Waals surface area (Å²) in [6.45, 7) is 2.11. The van der Waals surface area contributed by atoms with Gasteiger partial charge in [-0.15, -0.1) is 0 Å². The van der Waals surface area contributed by atoms with E-state index in [2.05, 4.69) is 9.97 Å². The number of carbonyl (C=O) groups is 1. The summed E-state index contributed by atoms with van der Waals surface area (Å²) < 4.78 is 18.3. The summed E-state index contributed by atoms with van der Waals surface area (Å²) in [4.78, 5) is 24.3. The zero-order valence-electron chi connectivity index (χ0n) is 12.3. The van der Waals surface area contributed by atoms with Crippen molar-refractivity contribution < 1.29 is 13.9 Å². The molecule has 1 aromatic rings. The van der Waals surface area contributed by atoms with Crippen molar-refractivity contribution in [1.82, 2.24) is 14.9 Å². The third-order valence-electron chi connectivity index (χ3n) is 4.48. The second kappa shape index (κ2) is 5.13. The van der Waals surface area contributed by atoms with Crippen LogP contribution in [0.25, 0.3) is 0 Å². The Balaban J connectivity index is 1.82. The van der Waals surface area contributed by atoms with Crippen LogP contribution in [0.3, 0.4) is 0 Å². The number of amides is 1. The van der Waals surface area contributed by atoms with Crippen molar-refractivity contribution in [2.75, 3.05) is 38.7 Å². The Hall–Kier alpha value is -1.92. The molecule has 0 aromatic carbocycles. The first-order chi connectivity index (χ1) is 10.1. The predicted octanol–water partition coefficient (Wildman–Crippen LogP) is 1.07. The van der Waals surface area contributed by atoms with E-state index >= 15 is 0 Å². The molecule has 3 heterocycles. The van der Waals surface area contributed by atoms with Crippen LogP contribution in [0.15, 0.2) is 6.20 Å². The lowest BCUT2D eigenvalue weighted by Crippen LogP contribution is -2.48. The number of hydrogen-bond donors (Lipinski definition) is 0. The van der Waals surface area contributed by atoms with Gasteiger partial charge in [0.25, 0.3) is 5.88 Å². The van der Waals surface area contributed by atoms with Crippen molar-refractivity contribution in [2.45, 2.75) is 19.3 Å². The maximum Gasteiger partial charge on any atom is 0.255 e. The maximum atomic E-state index is 13.4. The van der Waals surface area contributed by atoms with E-state index in [9.17, 15) is 9.18 Å². The van der Waals surface area contributed by atoms with Crippen LogP contribution in [0.1, 0.15) is 19.3 Å². The molecule has 0 bridgehead atoms. The fourth-order valence-electron chi connectivity index (χ4n) is 3.33. The van der Waals surface area contributed by atoms with Gasteiger partial charge in [0.15, 0.2) is 0 Å². The molecule has 114 valence electrons. The molecule has 1 spiro atoms. The summed E-state index contributed by atoms with van der Waals surface area (Å²) in [5.74, 6) is -0.0202. The van der Waals surface area contributed by atoms with Crippen molar-refractivity contribution in [3.8, 4) is 5.88 Å². The Morgan fingerprint density at radius 2 is 2.19 bits per heavy atom. The summed E-state index contributed by atoms with van der Waals surface area (Å²) in [5, 5.41) is 0. The number of halogens is 1. The normalized spacial score (nSPS) is 25.8. The molecule has 7 heteroatoms. The molecule has 0 N–H and O–H groups in total. The Labute approximate surface area is 122 Å². The van der Waals surface area contributed by atoms with Crippen LogP contribution in [-0.2, 0) is 4.79 Å². The second-order valence-electron chi connectivity index (χ2n) is 5.81. The molecule has 1 aromatic heterocycles. The van der Waals surface area contributed by atoms with Gasteiger partial charge in [-0.25, -0.2) is 4.98 Å². The molecule has 0 radical (unpaired) electrons. The summed E-state index contributed by atoms with van der Waals surface area (Å²) in [7, 11) is 3.23. The minimum Gasteiger partial charge on any atom is -0.479 e. The van der Waals surface area contributed by atoms with E-state index in [1.807, 2.05) is 11.9 Å². The minimum atomic E-state index is -0.580. The molecule has 6 nitrogen and oxygen atoms in total. The van der Waals surface area contributed by atoms with Crippen molar-refractivity contribution in [3.05, 3.63) is 12.0 Å². The Morgan fingerprint density at radius 3 is 2.95 bits per heavy atom. The van der Waals surface area contributed by atoms with Gasteiger partial charge in [-0.3, -0.25) is 4.79 Å². The zero-order chi connectivity index (χ0) is 15.0. The van der Waals surface area contributed by atoms with E-state index < -0.39 is 5.82 Å². The fourth-order valence-corrected chi connectivity index (χ4v) is 3.33. The summed E-state index contributed by atoms with van der Waals surface area (Å²) in [5.41, 5.74) is -0.335. The molecule has 3 rings (SSSR count). The number of piperidine rings is 1. The van der Waals surface area contributed by atoms with Gasteiger partial charge in [0, 0.05) is 26.7 Å². The average molecular weight is 294 g/mol. The SMILES string of the molecule is COc1nc(N2CC[C@@]3(CCCN(C)C3=O)C2)ncc1F. The van der Waals surface area contributed by atoms with Gasteiger partial charge in [0.05, 0.1) is 18.7 Å². The molecule has 1 atom stereocenters. The second-order valence-corrected chi connectivity index (χ2v) is 5.81. The highest BCUT2D eigenvalue weighted by molar-refractivity contribution is 5.84. The molecule has 2 aliphatic rings. The number of hydrogen-bond acceptors (Lipinski definition) is 5. The number of carbonyl (C=O) groups excluding carboxylic acids is 1. The highest BCUT2D eigenvalue weighted by atomic mass is 19.1. The van der Waals surface area contributed by atoms with E-state index in [1.165, 1.54) is 7.11 Å². The Morgan fingerprint density at radius 1 is 1.38 bits per heavy atom.